The highest BCUT2D eigenvalue weighted by Gasteiger charge is 2.27. The molecular formula is C8H12BrN3O2S. The van der Waals surface area contributed by atoms with Gasteiger partial charge in [0.05, 0.1) is 9.98 Å². The SMILES string of the molecule is CC(C)C(c1ncc(Br)s1)N(N)C(=O)O. The lowest BCUT2D eigenvalue weighted by Gasteiger charge is -2.26. The van der Waals surface area contributed by atoms with Gasteiger partial charge in [-0.25, -0.2) is 20.6 Å². The fraction of sp³-hybridized carbons (Fsp3) is 0.500. The number of hydrogen-bond acceptors (Lipinski definition) is 4. The number of rotatable bonds is 3. The van der Waals surface area contributed by atoms with Gasteiger partial charge < -0.3 is 5.11 Å². The minimum Gasteiger partial charge on any atom is -0.464 e. The standard InChI is InChI=1S/C8H12BrN3O2S/c1-4(2)6(12(10)8(13)14)7-11-3-5(9)15-7/h3-4,6H,10H2,1-2H3,(H,13,14). The Morgan fingerprint density at radius 3 is 2.67 bits per heavy atom. The number of halogens is 1. The highest BCUT2D eigenvalue weighted by molar-refractivity contribution is 9.11. The lowest BCUT2D eigenvalue weighted by Crippen LogP contribution is -2.41. The van der Waals surface area contributed by atoms with Crippen LogP contribution in [0.15, 0.2) is 9.98 Å². The predicted octanol–water partition coefficient (Wildman–Crippen LogP) is 2.46. The first-order valence-electron chi connectivity index (χ1n) is 4.31. The van der Waals surface area contributed by atoms with Crippen molar-refractivity contribution in [1.82, 2.24) is 9.99 Å². The van der Waals surface area contributed by atoms with Crippen molar-refractivity contribution in [1.29, 1.82) is 0 Å². The molecule has 1 aromatic rings. The van der Waals surface area contributed by atoms with Crippen LogP contribution in [0.4, 0.5) is 4.79 Å². The van der Waals surface area contributed by atoms with E-state index in [-0.39, 0.29) is 5.92 Å². The Kier molecular flexibility index (Phi) is 4.06. The second-order valence-corrected chi connectivity index (χ2v) is 5.82. The minimum atomic E-state index is -1.15. The van der Waals surface area contributed by atoms with Crippen LogP contribution in [0, 0.1) is 5.92 Å². The van der Waals surface area contributed by atoms with Gasteiger partial charge in [0.1, 0.15) is 11.0 Å². The van der Waals surface area contributed by atoms with E-state index in [1.54, 1.807) is 6.20 Å². The summed E-state index contributed by atoms with van der Waals surface area (Å²) in [6.07, 6.45) is 0.491. The van der Waals surface area contributed by atoms with Gasteiger partial charge in [-0.2, -0.15) is 0 Å². The van der Waals surface area contributed by atoms with Gasteiger partial charge in [0, 0.05) is 0 Å². The molecule has 0 aromatic carbocycles. The van der Waals surface area contributed by atoms with E-state index in [1.165, 1.54) is 11.3 Å². The second-order valence-electron chi connectivity index (χ2n) is 3.38. The van der Waals surface area contributed by atoms with E-state index in [4.69, 9.17) is 10.9 Å². The minimum absolute atomic E-state index is 0.0733. The highest BCUT2D eigenvalue weighted by atomic mass is 79.9. The molecule has 0 aliphatic carbocycles. The van der Waals surface area contributed by atoms with Crippen LogP contribution >= 0.6 is 27.3 Å². The Hall–Kier alpha value is -0.660. The number of hydrazine groups is 1. The van der Waals surface area contributed by atoms with E-state index < -0.39 is 12.1 Å². The summed E-state index contributed by atoms with van der Waals surface area (Å²) in [5.41, 5.74) is 0. The van der Waals surface area contributed by atoms with Crippen LogP contribution in [0.3, 0.4) is 0 Å². The molecule has 1 rings (SSSR count). The van der Waals surface area contributed by atoms with E-state index in [2.05, 4.69) is 20.9 Å². The van der Waals surface area contributed by atoms with Gasteiger partial charge in [0.25, 0.3) is 0 Å². The van der Waals surface area contributed by atoms with Crippen molar-refractivity contribution >= 4 is 33.4 Å². The molecule has 3 N–H and O–H groups in total. The molecule has 1 aromatic heterocycles. The van der Waals surface area contributed by atoms with Gasteiger partial charge in [0.15, 0.2) is 0 Å². The molecule has 1 atom stereocenters. The van der Waals surface area contributed by atoms with Crippen molar-refractivity contribution in [3.05, 3.63) is 15.0 Å². The number of carbonyl (C=O) groups is 1. The highest BCUT2D eigenvalue weighted by Crippen LogP contribution is 2.31. The Bertz CT molecular complexity index is 355. The monoisotopic (exact) mass is 293 g/mol. The van der Waals surface area contributed by atoms with Gasteiger partial charge in [0.2, 0.25) is 0 Å². The van der Waals surface area contributed by atoms with E-state index >= 15 is 0 Å². The fourth-order valence-electron chi connectivity index (χ4n) is 1.25. The third-order valence-electron chi connectivity index (χ3n) is 1.90. The predicted molar refractivity (Wildman–Crippen MR) is 61.4 cm³/mol. The van der Waals surface area contributed by atoms with Gasteiger partial charge in [-0.3, -0.25) is 0 Å². The molecule has 5 nitrogen and oxygen atoms in total. The largest absolute Gasteiger partial charge is 0.464 e. The molecule has 84 valence electrons. The van der Waals surface area contributed by atoms with E-state index in [1.807, 2.05) is 13.8 Å². The summed E-state index contributed by atoms with van der Waals surface area (Å²) in [7, 11) is 0. The molecule has 0 spiro atoms. The van der Waals surface area contributed by atoms with Crippen molar-refractivity contribution in [2.24, 2.45) is 11.8 Å². The van der Waals surface area contributed by atoms with Crippen LogP contribution in [0.5, 0.6) is 0 Å². The van der Waals surface area contributed by atoms with Crippen molar-refractivity contribution < 1.29 is 9.90 Å². The number of nitrogens with zero attached hydrogens (tertiary/aromatic N) is 2. The molecule has 0 fully saturated rings. The molecule has 7 heteroatoms. The van der Waals surface area contributed by atoms with Crippen LogP contribution in [-0.2, 0) is 0 Å². The molecule has 1 heterocycles. The normalized spacial score (nSPS) is 12.9. The molecule has 15 heavy (non-hydrogen) atoms. The van der Waals surface area contributed by atoms with Crippen molar-refractivity contribution in [2.75, 3.05) is 0 Å². The Morgan fingerprint density at radius 2 is 2.33 bits per heavy atom. The third kappa shape index (κ3) is 2.90. The molecule has 1 amide bonds. The fourth-order valence-corrected chi connectivity index (χ4v) is 2.77. The zero-order valence-corrected chi connectivity index (χ0v) is 10.7. The summed E-state index contributed by atoms with van der Waals surface area (Å²) in [5, 5.41) is 10.3. The zero-order valence-electron chi connectivity index (χ0n) is 8.35. The first-order valence-corrected chi connectivity index (χ1v) is 5.92. The molecule has 0 saturated heterocycles. The molecule has 0 radical (unpaired) electrons. The Morgan fingerprint density at radius 1 is 1.73 bits per heavy atom. The molecule has 0 saturated carbocycles. The summed E-state index contributed by atoms with van der Waals surface area (Å²) in [5.74, 6) is 5.56. The number of amides is 1. The lowest BCUT2D eigenvalue weighted by atomic mass is 10.1. The first kappa shape index (κ1) is 12.4. The maximum absolute atomic E-state index is 10.8. The van der Waals surface area contributed by atoms with Gasteiger partial charge in [-0.05, 0) is 21.8 Å². The van der Waals surface area contributed by atoms with Crippen LogP contribution in [-0.4, -0.2) is 21.2 Å². The van der Waals surface area contributed by atoms with Gasteiger partial charge >= 0.3 is 6.09 Å². The smallest absolute Gasteiger partial charge is 0.422 e. The second kappa shape index (κ2) is 4.91. The summed E-state index contributed by atoms with van der Waals surface area (Å²) in [6.45, 7) is 3.81. The maximum Gasteiger partial charge on any atom is 0.422 e. The molecule has 0 aliphatic heterocycles. The van der Waals surface area contributed by atoms with Crippen molar-refractivity contribution in [3.63, 3.8) is 0 Å². The summed E-state index contributed by atoms with van der Waals surface area (Å²) < 4.78 is 0.863. The number of thiazole rings is 1. The van der Waals surface area contributed by atoms with Crippen LogP contribution in [0.1, 0.15) is 24.9 Å². The van der Waals surface area contributed by atoms with E-state index in [9.17, 15) is 4.79 Å². The van der Waals surface area contributed by atoms with E-state index in [0.29, 0.717) is 5.01 Å². The summed E-state index contributed by atoms with van der Waals surface area (Å²) >= 11 is 4.68. The molecule has 0 aliphatic rings. The molecule has 1 unspecified atom stereocenters. The number of nitrogens with two attached hydrogens (primary N) is 1. The molecular weight excluding hydrogens is 282 g/mol. The average molecular weight is 294 g/mol. The van der Waals surface area contributed by atoms with Crippen molar-refractivity contribution in [3.8, 4) is 0 Å². The van der Waals surface area contributed by atoms with Crippen LogP contribution in [0.2, 0.25) is 0 Å². The van der Waals surface area contributed by atoms with E-state index in [0.717, 1.165) is 8.80 Å². The Labute approximate surface area is 100 Å². The van der Waals surface area contributed by atoms with Gasteiger partial charge in [-0.1, -0.05) is 13.8 Å². The number of aromatic nitrogens is 1. The quantitative estimate of drug-likeness (QED) is 0.510. The molecule has 0 bridgehead atoms. The average Bonchev–Trinajstić information content (AvgIpc) is 2.51. The van der Waals surface area contributed by atoms with Crippen LogP contribution < -0.4 is 5.84 Å². The van der Waals surface area contributed by atoms with Crippen molar-refractivity contribution in [2.45, 2.75) is 19.9 Å². The number of carboxylic acid groups (broad SMARTS) is 1. The summed E-state index contributed by atoms with van der Waals surface area (Å²) in [6, 6.07) is -0.404. The lowest BCUT2D eigenvalue weighted by molar-refractivity contribution is 0.110. The maximum atomic E-state index is 10.8. The zero-order chi connectivity index (χ0) is 11.6. The van der Waals surface area contributed by atoms with Crippen LogP contribution in [0.25, 0.3) is 0 Å². The first-order chi connectivity index (χ1) is 6.93. The van der Waals surface area contributed by atoms with Gasteiger partial charge in [-0.15, -0.1) is 11.3 Å². The Balaban J connectivity index is 2.98. The topological polar surface area (TPSA) is 79.5 Å². The summed E-state index contributed by atoms with van der Waals surface area (Å²) in [4.78, 5) is 14.9. The number of hydrogen-bond donors (Lipinski definition) is 2. The third-order valence-corrected chi connectivity index (χ3v) is 3.45.